The van der Waals surface area contributed by atoms with Crippen molar-refractivity contribution in [3.63, 3.8) is 0 Å². The molecule has 2 aromatic carbocycles. The Morgan fingerprint density at radius 3 is 1.62 bits per heavy atom. The highest BCUT2D eigenvalue weighted by Crippen LogP contribution is 2.30. The largest absolute Gasteiger partial charge is 0.505 e. The molecule has 3 aromatic rings. The van der Waals surface area contributed by atoms with Gasteiger partial charge in [-0.2, -0.15) is 0 Å². The molecule has 1 aromatic heterocycles. The van der Waals surface area contributed by atoms with Crippen molar-refractivity contribution in [2.24, 2.45) is 0 Å². The molecular formula is C35H54ClN3O. The number of aryl methyl sites for hydroxylation is 2. The monoisotopic (exact) mass is 567 g/mol. The molecule has 0 aliphatic heterocycles. The Balaban J connectivity index is 1.19. The first-order valence-electron chi connectivity index (χ1n) is 16.4. The van der Waals surface area contributed by atoms with Gasteiger partial charge in [-0.3, -0.25) is 0 Å². The molecule has 0 fully saturated rings. The Bertz CT molecular complexity index is 1110. The Hall–Kier alpha value is -2.07. The number of phenols is 1. The Labute approximate surface area is 248 Å². The van der Waals surface area contributed by atoms with E-state index in [1.165, 1.54) is 127 Å². The van der Waals surface area contributed by atoms with Gasteiger partial charge >= 0.3 is 0 Å². The van der Waals surface area contributed by atoms with Gasteiger partial charge < -0.3 is 5.11 Å². The van der Waals surface area contributed by atoms with E-state index in [1.807, 2.05) is 18.2 Å². The van der Waals surface area contributed by atoms with E-state index in [4.69, 9.17) is 11.6 Å². The lowest BCUT2D eigenvalue weighted by Crippen LogP contribution is -2.02. The molecule has 1 heterocycles. The number of benzene rings is 2. The molecule has 222 valence electrons. The summed E-state index contributed by atoms with van der Waals surface area (Å²) < 4.78 is 0. The number of hydrogen-bond donors (Lipinski definition) is 1. The number of fused-ring (bicyclic) bond motifs is 1. The number of rotatable bonds is 22. The van der Waals surface area contributed by atoms with Crippen molar-refractivity contribution in [3.05, 3.63) is 46.5 Å². The molecule has 0 unspecified atom stereocenters. The van der Waals surface area contributed by atoms with Gasteiger partial charge in [-0.05, 0) is 55.2 Å². The van der Waals surface area contributed by atoms with Gasteiger partial charge in [0.05, 0.1) is 0 Å². The number of nitrogens with zero attached hydrogens (tertiary/aromatic N) is 3. The zero-order valence-electron chi connectivity index (χ0n) is 25.4. The van der Waals surface area contributed by atoms with E-state index in [-0.39, 0.29) is 5.75 Å². The van der Waals surface area contributed by atoms with Crippen LogP contribution in [0.15, 0.2) is 30.3 Å². The third-order valence-electron chi connectivity index (χ3n) is 8.17. The zero-order valence-corrected chi connectivity index (χ0v) is 26.2. The summed E-state index contributed by atoms with van der Waals surface area (Å²) in [6, 6.07) is 9.50. The highest BCUT2D eigenvalue weighted by molar-refractivity contribution is 6.31. The molecule has 5 heteroatoms. The molecule has 0 radical (unpaired) electrons. The van der Waals surface area contributed by atoms with E-state index in [0.717, 1.165) is 35.0 Å². The molecule has 0 saturated heterocycles. The van der Waals surface area contributed by atoms with Gasteiger partial charge in [-0.25, -0.2) is 0 Å². The molecule has 4 nitrogen and oxygen atoms in total. The van der Waals surface area contributed by atoms with Crippen LogP contribution in [-0.4, -0.2) is 20.1 Å². The molecule has 0 spiro atoms. The molecule has 0 atom stereocenters. The summed E-state index contributed by atoms with van der Waals surface area (Å²) in [7, 11) is 0. The van der Waals surface area contributed by atoms with Crippen molar-refractivity contribution in [1.29, 1.82) is 0 Å². The zero-order chi connectivity index (χ0) is 28.4. The van der Waals surface area contributed by atoms with E-state index in [2.05, 4.69) is 30.1 Å². The van der Waals surface area contributed by atoms with Crippen LogP contribution in [0.25, 0.3) is 16.7 Å². The number of halogens is 1. The van der Waals surface area contributed by atoms with Crippen molar-refractivity contribution in [1.82, 2.24) is 15.0 Å². The van der Waals surface area contributed by atoms with Gasteiger partial charge in [0.25, 0.3) is 0 Å². The first kappa shape index (κ1) is 32.4. The summed E-state index contributed by atoms with van der Waals surface area (Å²) in [6.45, 7) is 4.35. The average Bonchev–Trinajstić information content (AvgIpc) is 3.36. The van der Waals surface area contributed by atoms with Gasteiger partial charge in [0.1, 0.15) is 22.5 Å². The topological polar surface area (TPSA) is 50.9 Å². The second-order valence-corrected chi connectivity index (χ2v) is 12.3. The predicted molar refractivity (Wildman–Crippen MR) is 172 cm³/mol. The second kappa shape index (κ2) is 19.1. The van der Waals surface area contributed by atoms with Crippen LogP contribution in [0.4, 0.5) is 0 Å². The summed E-state index contributed by atoms with van der Waals surface area (Å²) in [5.74, 6) is 0.287. The molecule has 0 aliphatic rings. The second-order valence-electron chi connectivity index (χ2n) is 11.9. The standard InChI is InChI=1S/C35H54ClN3O/c1-3-4-5-6-7-8-9-10-11-12-13-14-15-16-17-18-19-20-21-22-23-30-26-29(2)27-34(35(30)40)39-37-32-25-24-31(36)28-33(32)38-39/h24-28,40H,3-23H2,1-2H3. The number of hydrogen-bond acceptors (Lipinski definition) is 3. The first-order chi connectivity index (χ1) is 19.6. The maximum Gasteiger partial charge on any atom is 0.146 e. The van der Waals surface area contributed by atoms with E-state index in [1.54, 1.807) is 6.07 Å². The van der Waals surface area contributed by atoms with Crippen LogP contribution in [0, 0.1) is 6.92 Å². The van der Waals surface area contributed by atoms with E-state index < -0.39 is 0 Å². The van der Waals surface area contributed by atoms with Crippen LogP contribution in [0.1, 0.15) is 146 Å². The quantitative estimate of drug-likeness (QED) is 0.123. The minimum absolute atomic E-state index is 0.287. The van der Waals surface area contributed by atoms with Gasteiger partial charge in [0.15, 0.2) is 0 Å². The van der Waals surface area contributed by atoms with E-state index in [9.17, 15) is 5.11 Å². The van der Waals surface area contributed by atoms with Gasteiger partial charge in [0.2, 0.25) is 0 Å². The summed E-state index contributed by atoms with van der Waals surface area (Å²) in [5, 5.41) is 20.7. The fraction of sp³-hybridized carbons (Fsp3) is 0.657. The first-order valence-corrected chi connectivity index (χ1v) is 16.8. The summed E-state index contributed by atoms with van der Waals surface area (Å²) >= 11 is 6.10. The van der Waals surface area contributed by atoms with Crippen LogP contribution >= 0.6 is 11.6 Å². The molecule has 3 rings (SSSR count). The van der Waals surface area contributed by atoms with Crippen LogP contribution in [-0.2, 0) is 6.42 Å². The van der Waals surface area contributed by atoms with Crippen molar-refractivity contribution in [3.8, 4) is 11.4 Å². The Morgan fingerprint density at radius 2 is 1.10 bits per heavy atom. The normalized spacial score (nSPS) is 11.6. The maximum atomic E-state index is 11.0. The van der Waals surface area contributed by atoms with Crippen LogP contribution in [0.2, 0.25) is 5.02 Å². The lowest BCUT2D eigenvalue weighted by Gasteiger charge is -2.11. The molecule has 40 heavy (non-hydrogen) atoms. The van der Waals surface area contributed by atoms with Gasteiger partial charge in [0, 0.05) is 5.02 Å². The maximum absolute atomic E-state index is 11.0. The molecule has 0 aliphatic carbocycles. The van der Waals surface area contributed by atoms with Gasteiger partial charge in [-0.15, -0.1) is 15.0 Å². The lowest BCUT2D eigenvalue weighted by molar-refractivity contribution is 0.458. The number of phenolic OH excluding ortho intramolecular Hbond substituents is 1. The van der Waals surface area contributed by atoms with E-state index in [0.29, 0.717) is 10.7 Å². The van der Waals surface area contributed by atoms with E-state index >= 15 is 0 Å². The molecule has 0 saturated carbocycles. The van der Waals surface area contributed by atoms with Gasteiger partial charge in [-0.1, -0.05) is 147 Å². The Morgan fingerprint density at radius 1 is 0.625 bits per heavy atom. The third-order valence-corrected chi connectivity index (χ3v) is 8.41. The summed E-state index contributed by atoms with van der Waals surface area (Å²) in [5.41, 5.74) is 4.22. The van der Waals surface area contributed by atoms with Crippen molar-refractivity contribution < 1.29 is 5.11 Å². The number of aromatic hydroxyl groups is 1. The lowest BCUT2D eigenvalue weighted by atomic mass is 10.0. The van der Waals surface area contributed by atoms with Crippen molar-refractivity contribution >= 4 is 22.6 Å². The van der Waals surface area contributed by atoms with Crippen LogP contribution in [0.5, 0.6) is 5.75 Å². The minimum atomic E-state index is 0.287. The highest BCUT2D eigenvalue weighted by Gasteiger charge is 2.14. The van der Waals surface area contributed by atoms with Crippen molar-refractivity contribution in [2.75, 3.05) is 0 Å². The highest BCUT2D eigenvalue weighted by atomic mass is 35.5. The van der Waals surface area contributed by atoms with Crippen molar-refractivity contribution in [2.45, 2.75) is 149 Å². The summed E-state index contributed by atoms with van der Waals surface area (Å²) in [6.07, 6.45) is 28.6. The number of aromatic nitrogens is 3. The fourth-order valence-electron chi connectivity index (χ4n) is 5.74. The average molecular weight is 568 g/mol. The molecular weight excluding hydrogens is 514 g/mol. The molecule has 1 N–H and O–H groups in total. The van der Waals surface area contributed by atoms with Crippen LogP contribution in [0.3, 0.4) is 0 Å². The predicted octanol–water partition coefficient (Wildman–Crippen LogP) is 11.5. The van der Waals surface area contributed by atoms with Crippen LogP contribution < -0.4 is 0 Å². The summed E-state index contributed by atoms with van der Waals surface area (Å²) in [4.78, 5) is 1.53. The molecule has 0 amide bonds. The third kappa shape index (κ3) is 11.8. The number of unbranched alkanes of at least 4 members (excludes halogenated alkanes) is 19. The fourth-order valence-corrected chi connectivity index (χ4v) is 5.91. The Kier molecular flexibility index (Phi) is 15.5. The molecule has 0 bridgehead atoms. The minimum Gasteiger partial charge on any atom is -0.505 e. The smallest absolute Gasteiger partial charge is 0.146 e. The SMILES string of the molecule is CCCCCCCCCCCCCCCCCCCCCCc1cc(C)cc(-n2nc3ccc(Cl)cc3n2)c1O.